The van der Waals surface area contributed by atoms with E-state index in [0.717, 1.165) is 46.3 Å². The minimum atomic E-state index is 0.282. The Morgan fingerprint density at radius 2 is 1.94 bits per heavy atom. The Balaban J connectivity index is 1.30. The Kier molecular flexibility index (Phi) is 5.36. The zero-order valence-corrected chi connectivity index (χ0v) is 19.5. The summed E-state index contributed by atoms with van der Waals surface area (Å²) in [6.45, 7) is 0.282. The number of ether oxygens (including phenoxy) is 1. The predicted octanol–water partition coefficient (Wildman–Crippen LogP) is 4.62. The van der Waals surface area contributed by atoms with Gasteiger partial charge in [0.15, 0.2) is 11.5 Å². The fourth-order valence-corrected chi connectivity index (χ4v) is 4.90. The molecule has 1 fully saturated rings. The molecule has 0 aliphatic heterocycles. The summed E-state index contributed by atoms with van der Waals surface area (Å²) < 4.78 is 8.01. The summed E-state index contributed by atoms with van der Waals surface area (Å²) in [5.74, 6) is 3.19. The standard InChI is InChI=1S/C26H26N8O/c1-28-22-9-7-17-6-8-19(10-21(17)33-22)35-14-18-11-29-12-23(32-18)34-13-20(16-4-2-3-5-16)24-25(27)30-15-31-26(24)34/h6-13,15-16H,2-5,14H2,1H3,(H,28,33)(H2,27,30,31). The molecule has 1 aromatic carbocycles. The van der Waals surface area contributed by atoms with Gasteiger partial charge < -0.3 is 15.8 Å². The first-order chi connectivity index (χ1) is 17.2. The van der Waals surface area contributed by atoms with Gasteiger partial charge >= 0.3 is 0 Å². The van der Waals surface area contributed by atoms with Crippen LogP contribution < -0.4 is 15.8 Å². The van der Waals surface area contributed by atoms with Crippen LogP contribution in [0.1, 0.15) is 42.9 Å². The highest BCUT2D eigenvalue weighted by Crippen LogP contribution is 2.40. The molecule has 6 rings (SSSR count). The number of pyridine rings is 1. The average Bonchev–Trinajstić information content (AvgIpc) is 3.56. The van der Waals surface area contributed by atoms with Gasteiger partial charge in [0.25, 0.3) is 0 Å². The lowest BCUT2D eigenvalue weighted by Crippen LogP contribution is -2.05. The van der Waals surface area contributed by atoms with Gasteiger partial charge in [-0.25, -0.2) is 19.9 Å². The zero-order chi connectivity index (χ0) is 23.8. The maximum absolute atomic E-state index is 6.29. The van der Waals surface area contributed by atoms with Gasteiger partial charge in [-0.1, -0.05) is 12.8 Å². The fraction of sp³-hybridized carbons (Fsp3) is 0.269. The molecular weight excluding hydrogens is 440 g/mol. The van der Waals surface area contributed by atoms with E-state index < -0.39 is 0 Å². The van der Waals surface area contributed by atoms with Crippen LogP contribution in [0.3, 0.4) is 0 Å². The minimum Gasteiger partial charge on any atom is -0.487 e. The van der Waals surface area contributed by atoms with Crippen molar-refractivity contribution < 1.29 is 4.74 Å². The number of nitrogens with one attached hydrogen (secondary N) is 1. The van der Waals surface area contributed by atoms with Crippen molar-refractivity contribution in [1.29, 1.82) is 0 Å². The van der Waals surface area contributed by atoms with E-state index in [1.807, 2.05) is 41.9 Å². The summed E-state index contributed by atoms with van der Waals surface area (Å²) in [6, 6.07) is 9.85. The molecule has 3 N–H and O–H groups in total. The van der Waals surface area contributed by atoms with Crippen molar-refractivity contribution in [2.24, 2.45) is 0 Å². The lowest BCUT2D eigenvalue weighted by molar-refractivity contribution is 0.301. The quantitative estimate of drug-likeness (QED) is 0.372. The topological polar surface area (TPSA) is 117 Å². The Morgan fingerprint density at radius 1 is 1.09 bits per heavy atom. The van der Waals surface area contributed by atoms with Gasteiger partial charge in [0.05, 0.1) is 29.0 Å². The largest absolute Gasteiger partial charge is 0.487 e. The molecule has 1 aliphatic rings. The second-order valence-corrected chi connectivity index (χ2v) is 8.85. The Morgan fingerprint density at radius 3 is 2.80 bits per heavy atom. The number of anilines is 2. The van der Waals surface area contributed by atoms with Crippen molar-refractivity contribution in [2.45, 2.75) is 38.2 Å². The van der Waals surface area contributed by atoms with Crippen molar-refractivity contribution in [3.8, 4) is 11.6 Å². The minimum absolute atomic E-state index is 0.282. The van der Waals surface area contributed by atoms with E-state index in [9.17, 15) is 0 Å². The average molecular weight is 467 g/mol. The highest BCUT2D eigenvalue weighted by atomic mass is 16.5. The number of aromatic nitrogens is 6. The molecule has 0 amide bonds. The lowest BCUT2D eigenvalue weighted by Gasteiger charge is -2.09. The summed E-state index contributed by atoms with van der Waals surface area (Å²) in [6.07, 6.45) is 11.8. The van der Waals surface area contributed by atoms with E-state index in [1.54, 1.807) is 12.4 Å². The first-order valence-corrected chi connectivity index (χ1v) is 11.8. The smallest absolute Gasteiger partial charge is 0.157 e. The van der Waals surface area contributed by atoms with Gasteiger partial charge in [-0.3, -0.25) is 9.55 Å². The van der Waals surface area contributed by atoms with Crippen LogP contribution in [0.2, 0.25) is 0 Å². The van der Waals surface area contributed by atoms with E-state index in [2.05, 4.69) is 31.4 Å². The van der Waals surface area contributed by atoms with Crippen LogP contribution >= 0.6 is 0 Å². The van der Waals surface area contributed by atoms with Crippen LogP contribution in [0.25, 0.3) is 27.8 Å². The Labute approximate surface area is 202 Å². The molecular formula is C26H26N8O. The van der Waals surface area contributed by atoms with Crippen LogP contribution in [0, 0.1) is 0 Å². The number of benzene rings is 1. The molecule has 9 nitrogen and oxygen atoms in total. The number of hydrogen-bond donors (Lipinski definition) is 2. The molecule has 4 heterocycles. The molecule has 1 aliphatic carbocycles. The molecule has 0 unspecified atom stereocenters. The number of hydrogen-bond acceptors (Lipinski definition) is 8. The van der Waals surface area contributed by atoms with E-state index in [-0.39, 0.29) is 6.61 Å². The third-order valence-corrected chi connectivity index (χ3v) is 6.66. The maximum atomic E-state index is 6.29. The highest BCUT2D eigenvalue weighted by Gasteiger charge is 2.24. The lowest BCUT2D eigenvalue weighted by atomic mass is 9.98. The van der Waals surface area contributed by atoms with Crippen molar-refractivity contribution in [1.82, 2.24) is 29.5 Å². The molecule has 4 aromatic heterocycles. The third-order valence-electron chi connectivity index (χ3n) is 6.66. The number of nitrogens with two attached hydrogens (primary N) is 1. The summed E-state index contributed by atoms with van der Waals surface area (Å²) in [7, 11) is 1.85. The van der Waals surface area contributed by atoms with Crippen LogP contribution in [-0.4, -0.2) is 36.5 Å². The van der Waals surface area contributed by atoms with Crippen molar-refractivity contribution in [3.63, 3.8) is 0 Å². The van der Waals surface area contributed by atoms with Crippen LogP contribution in [0.4, 0.5) is 11.6 Å². The summed E-state index contributed by atoms with van der Waals surface area (Å²) in [5, 5.41) is 5.04. The van der Waals surface area contributed by atoms with Gasteiger partial charge in [-0.2, -0.15) is 0 Å². The highest BCUT2D eigenvalue weighted by molar-refractivity contribution is 5.91. The summed E-state index contributed by atoms with van der Waals surface area (Å²) in [5.41, 5.74) is 9.82. The van der Waals surface area contributed by atoms with Gasteiger partial charge in [0, 0.05) is 24.7 Å². The van der Waals surface area contributed by atoms with Crippen molar-refractivity contribution in [3.05, 3.63) is 66.5 Å². The molecule has 176 valence electrons. The number of fused-ring (bicyclic) bond motifs is 2. The second-order valence-electron chi connectivity index (χ2n) is 8.85. The molecule has 5 aromatic rings. The molecule has 0 saturated heterocycles. The SMILES string of the molecule is CNc1ccc2ccc(OCc3cncc(-n4cc(C5CCCC5)c5c(N)ncnc54)n3)cc2n1. The number of rotatable bonds is 6. The first-order valence-electron chi connectivity index (χ1n) is 11.8. The van der Waals surface area contributed by atoms with E-state index in [1.165, 1.54) is 24.7 Å². The molecule has 0 radical (unpaired) electrons. The van der Waals surface area contributed by atoms with Gasteiger partial charge in [-0.05, 0) is 48.6 Å². The molecule has 1 saturated carbocycles. The van der Waals surface area contributed by atoms with E-state index in [4.69, 9.17) is 15.5 Å². The molecule has 9 heteroatoms. The Bertz CT molecular complexity index is 1520. The number of nitrogen functional groups attached to an aromatic ring is 1. The van der Waals surface area contributed by atoms with Crippen molar-refractivity contribution >= 4 is 33.6 Å². The summed E-state index contributed by atoms with van der Waals surface area (Å²) >= 11 is 0. The van der Waals surface area contributed by atoms with Crippen LogP contribution in [0.5, 0.6) is 5.75 Å². The number of nitrogens with zero attached hydrogens (tertiary/aromatic N) is 6. The molecule has 0 spiro atoms. The molecule has 0 bridgehead atoms. The van der Waals surface area contributed by atoms with Gasteiger partial charge in [0.1, 0.15) is 30.3 Å². The van der Waals surface area contributed by atoms with Crippen LogP contribution in [0.15, 0.2) is 55.2 Å². The predicted molar refractivity (Wildman–Crippen MR) is 136 cm³/mol. The zero-order valence-electron chi connectivity index (χ0n) is 19.5. The summed E-state index contributed by atoms with van der Waals surface area (Å²) in [4.78, 5) is 22.6. The van der Waals surface area contributed by atoms with E-state index >= 15 is 0 Å². The Hall–Kier alpha value is -4.27. The van der Waals surface area contributed by atoms with Gasteiger partial charge in [0.2, 0.25) is 0 Å². The molecule has 0 atom stereocenters. The van der Waals surface area contributed by atoms with Crippen molar-refractivity contribution in [2.75, 3.05) is 18.1 Å². The second kappa shape index (κ2) is 8.83. The normalized spacial score (nSPS) is 14.1. The van der Waals surface area contributed by atoms with Crippen LogP contribution in [-0.2, 0) is 6.61 Å². The third kappa shape index (κ3) is 3.99. The molecule has 35 heavy (non-hydrogen) atoms. The van der Waals surface area contributed by atoms with Gasteiger partial charge in [-0.15, -0.1) is 0 Å². The van der Waals surface area contributed by atoms with E-state index in [0.29, 0.717) is 23.2 Å². The monoisotopic (exact) mass is 466 g/mol. The maximum Gasteiger partial charge on any atom is 0.157 e. The fourth-order valence-electron chi connectivity index (χ4n) is 4.90. The first kappa shape index (κ1) is 21.3.